The van der Waals surface area contributed by atoms with Gasteiger partial charge >= 0.3 is 0 Å². The van der Waals surface area contributed by atoms with E-state index in [1.807, 2.05) is 50.2 Å². The fourth-order valence-corrected chi connectivity index (χ4v) is 5.67. The van der Waals surface area contributed by atoms with E-state index in [1.54, 1.807) is 30.0 Å². The van der Waals surface area contributed by atoms with Crippen molar-refractivity contribution in [3.63, 3.8) is 0 Å². The van der Waals surface area contributed by atoms with Crippen molar-refractivity contribution >= 4 is 46.1 Å². The molecular weight excluding hydrogens is 507 g/mol. The van der Waals surface area contributed by atoms with Gasteiger partial charge in [0.05, 0.1) is 10.9 Å². The molecule has 1 atom stereocenters. The van der Waals surface area contributed by atoms with Crippen LogP contribution in [0.25, 0.3) is 6.08 Å². The van der Waals surface area contributed by atoms with Crippen molar-refractivity contribution < 1.29 is 9.18 Å². The Morgan fingerprint density at radius 2 is 1.84 bits per heavy atom. The lowest BCUT2D eigenvalue weighted by Crippen LogP contribution is -2.31. The number of thioether (sulfide) groups is 1. The van der Waals surface area contributed by atoms with Crippen LogP contribution in [0.1, 0.15) is 47.7 Å². The molecule has 0 radical (unpaired) electrons. The van der Waals surface area contributed by atoms with Crippen molar-refractivity contribution in [1.29, 1.82) is 5.26 Å². The molecule has 3 aromatic rings. The largest absolute Gasteiger partial charge is 0.367 e. The molecule has 9 heteroatoms. The summed E-state index contributed by atoms with van der Waals surface area (Å²) in [5.74, 6) is -0.0893. The van der Waals surface area contributed by atoms with Gasteiger partial charge in [0.1, 0.15) is 27.6 Å². The fourth-order valence-electron chi connectivity index (χ4n) is 4.27. The molecule has 0 aliphatic carbocycles. The topological polar surface area (TPSA) is 78.1 Å². The molecule has 37 heavy (non-hydrogen) atoms. The minimum atomic E-state index is -0.411. The number of pyridine rings is 1. The van der Waals surface area contributed by atoms with Crippen LogP contribution in [-0.4, -0.2) is 19.7 Å². The van der Waals surface area contributed by atoms with Gasteiger partial charge in [-0.25, -0.2) is 4.39 Å². The summed E-state index contributed by atoms with van der Waals surface area (Å²) >= 11 is 6.76. The summed E-state index contributed by atoms with van der Waals surface area (Å²) in [4.78, 5) is 28.6. The van der Waals surface area contributed by atoms with Crippen molar-refractivity contribution in [2.75, 3.05) is 5.32 Å². The third kappa shape index (κ3) is 5.22. The van der Waals surface area contributed by atoms with Crippen molar-refractivity contribution in [2.45, 2.75) is 39.9 Å². The lowest BCUT2D eigenvalue weighted by molar-refractivity contribution is -0.123. The Morgan fingerprint density at radius 1 is 1.16 bits per heavy atom. The number of rotatable bonds is 7. The van der Waals surface area contributed by atoms with E-state index < -0.39 is 5.56 Å². The Labute approximate surface area is 224 Å². The van der Waals surface area contributed by atoms with Crippen LogP contribution in [0.3, 0.4) is 0 Å². The maximum absolute atomic E-state index is 13.5. The number of nitrogens with zero attached hydrogens (tertiary/aromatic N) is 3. The Bertz CT molecular complexity index is 1490. The van der Waals surface area contributed by atoms with E-state index in [0.717, 1.165) is 11.1 Å². The number of carbonyl (C=O) groups is 1. The van der Waals surface area contributed by atoms with Crippen molar-refractivity contribution in [1.82, 2.24) is 9.47 Å². The maximum atomic E-state index is 13.5. The summed E-state index contributed by atoms with van der Waals surface area (Å²) in [6, 6.07) is 17.5. The maximum Gasteiger partial charge on any atom is 0.270 e. The highest BCUT2D eigenvalue weighted by molar-refractivity contribution is 8.26. The van der Waals surface area contributed by atoms with Crippen LogP contribution in [0.5, 0.6) is 0 Å². The number of anilines is 1. The molecule has 1 fully saturated rings. The van der Waals surface area contributed by atoms with E-state index in [1.165, 1.54) is 28.5 Å². The molecule has 1 amide bonds. The predicted octanol–water partition coefficient (Wildman–Crippen LogP) is 5.76. The van der Waals surface area contributed by atoms with E-state index in [2.05, 4.69) is 5.32 Å². The first-order chi connectivity index (χ1) is 17.8. The fraction of sp³-hybridized carbons (Fsp3) is 0.214. The average molecular weight is 533 g/mol. The Morgan fingerprint density at radius 3 is 2.46 bits per heavy atom. The first-order valence-electron chi connectivity index (χ1n) is 11.7. The number of carbonyl (C=O) groups excluding carboxylic acids is 1. The normalized spacial score (nSPS) is 15.2. The molecule has 0 bridgehead atoms. The van der Waals surface area contributed by atoms with Gasteiger partial charge in [0.2, 0.25) is 0 Å². The van der Waals surface area contributed by atoms with Crippen molar-refractivity contribution in [2.24, 2.45) is 0 Å². The van der Waals surface area contributed by atoms with Gasteiger partial charge in [0.25, 0.3) is 11.5 Å². The van der Waals surface area contributed by atoms with E-state index in [4.69, 9.17) is 12.2 Å². The number of benzene rings is 2. The molecule has 1 N–H and O–H groups in total. The van der Waals surface area contributed by atoms with Crippen LogP contribution >= 0.6 is 24.0 Å². The number of nitriles is 1. The van der Waals surface area contributed by atoms with Crippen LogP contribution in [0.15, 0.2) is 64.3 Å². The number of hydrogen-bond donors (Lipinski definition) is 1. The van der Waals surface area contributed by atoms with Gasteiger partial charge in [-0.05, 0) is 55.7 Å². The molecule has 1 unspecified atom stereocenters. The number of amides is 1. The van der Waals surface area contributed by atoms with E-state index in [-0.39, 0.29) is 23.3 Å². The highest BCUT2D eigenvalue weighted by Crippen LogP contribution is 2.39. The van der Waals surface area contributed by atoms with Gasteiger partial charge in [0.15, 0.2) is 0 Å². The molecule has 0 spiro atoms. The summed E-state index contributed by atoms with van der Waals surface area (Å²) in [6.45, 7) is 6.06. The lowest BCUT2D eigenvalue weighted by Gasteiger charge is -2.23. The molecule has 0 saturated carbocycles. The average Bonchev–Trinajstić information content (AvgIpc) is 3.18. The minimum Gasteiger partial charge on any atom is -0.367 e. The second-order valence-corrected chi connectivity index (χ2v) is 10.2. The summed E-state index contributed by atoms with van der Waals surface area (Å²) in [6.07, 6.45) is 1.70. The molecule has 1 saturated heterocycles. The predicted molar refractivity (Wildman–Crippen MR) is 149 cm³/mol. The van der Waals surface area contributed by atoms with Crippen LogP contribution in [0.2, 0.25) is 0 Å². The molecule has 4 rings (SSSR count). The molecule has 2 heterocycles. The summed E-state index contributed by atoms with van der Waals surface area (Å²) in [7, 11) is 0. The van der Waals surface area contributed by atoms with Gasteiger partial charge < -0.3 is 5.32 Å². The second kappa shape index (κ2) is 11.1. The Kier molecular flexibility index (Phi) is 7.91. The Hall–Kier alpha value is -3.74. The SMILES string of the molecule is CCn1c(NCc2ccc(F)cc2)c(/C=C2/SC(=S)N(C(C)c3ccccc3)C2=O)c(C)c(C#N)c1=O. The van der Waals surface area contributed by atoms with Crippen LogP contribution in [0.4, 0.5) is 10.2 Å². The van der Waals surface area contributed by atoms with Crippen molar-refractivity contribution in [3.8, 4) is 6.07 Å². The van der Waals surface area contributed by atoms with Gasteiger partial charge in [0, 0.05) is 18.7 Å². The number of aromatic nitrogens is 1. The third-order valence-corrected chi connectivity index (χ3v) is 7.66. The van der Waals surface area contributed by atoms with Gasteiger partial charge in [-0.15, -0.1) is 0 Å². The highest BCUT2D eigenvalue weighted by Gasteiger charge is 2.36. The summed E-state index contributed by atoms with van der Waals surface area (Å²) < 4.78 is 15.3. The van der Waals surface area contributed by atoms with Crippen LogP contribution in [0, 0.1) is 24.1 Å². The smallest absolute Gasteiger partial charge is 0.270 e. The molecule has 188 valence electrons. The zero-order valence-corrected chi connectivity index (χ0v) is 22.3. The Balaban J connectivity index is 1.78. The van der Waals surface area contributed by atoms with E-state index in [9.17, 15) is 19.2 Å². The molecule has 2 aromatic carbocycles. The molecule has 6 nitrogen and oxygen atoms in total. The number of thiocarbonyl (C=S) groups is 1. The first-order valence-corrected chi connectivity index (χ1v) is 13.0. The summed E-state index contributed by atoms with van der Waals surface area (Å²) in [5.41, 5.74) is 2.42. The standard InChI is InChI=1S/C28H25FN4O2S2/c1-4-32-25(31-16-19-10-12-21(29)13-11-19)22(17(2)23(15-30)26(32)34)14-24-27(35)33(28(36)37-24)18(3)20-8-6-5-7-9-20/h5-14,18,31H,4,16H2,1-3H3/b24-14+. The third-order valence-electron chi connectivity index (χ3n) is 6.33. The van der Waals surface area contributed by atoms with E-state index in [0.29, 0.717) is 39.3 Å². The molecule has 1 aliphatic rings. The zero-order valence-electron chi connectivity index (χ0n) is 20.6. The minimum absolute atomic E-state index is 0.0218. The quantitative estimate of drug-likeness (QED) is 0.308. The van der Waals surface area contributed by atoms with Gasteiger partial charge in [-0.3, -0.25) is 19.1 Å². The van der Waals surface area contributed by atoms with Gasteiger partial charge in [-0.2, -0.15) is 5.26 Å². The number of halogens is 1. The van der Waals surface area contributed by atoms with Crippen molar-refractivity contribution in [3.05, 3.63) is 103 Å². The van der Waals surface area contributed by atoms with Crippen LogP contribution < -0.4 is 10.9 Å². The number of hydrogen-bond acceptors (Lipinski definition) is 6. The first kappa shape index (κ1) is 26.3. The monoisotopic (exact) mass is 532 g/mol. The van der Waals surface area contributed by atoms with Gasteiger partial charge in [-0.1, -0.05) is 66.4 Å². The zero-order chi connectivity index (χ0) is 26.7. The highest BCUT2D eigenvalue weighted by atomic mass is 32.2. The molecule has 1 aromatic heterocycles. The molecular formula is C28H25FN4O2S2. The second-order valence-electron chi connectivity index (χ2n) is 8.54. The van der Waals surface area contributed by atoms with E-state index >= 15 is 0 Å². The number of nitrogens with one attached hydrogen (secondary N) is 1. The molecule has 1 aliphatic heterocycles. The summed E-state index contributed by atoms with van der Waals surface area (Å²) in [5, 5.41) is 13.0. The van der Waals surface area contributed by atoms with Crippen LogP contribution in [-0.2, 0) is 17.9 Å². The lowest BCUT2D eigenvalue weighted by atomic mass is 10.0.